The molecule has 0 radical (unpaired) electrons. The molecule has 0 aliphatic carbocycles. The van der Waals surface area contributed by atoms with E-state index in [4.69, 9.17) is 21.1 Å². The van der Waals surface area contributed by atoms with Crippen LogP contribution in [0.2, 0.25) is 5.02 Å². The predicted molar refractivity (Wildman–Crippen MR) is 81.8 cm³/mol. The van der Waals surface area contributed by atoms with E-state index in [2.05, 4.69) is 15.4 Å². The van der Waals surface area contributed by atoms with E-state index in [1.807, 2.05) is 24.3 Å². The number of ether oxygens (including phenoxy) is 2. The lowest BCUT2D eigenvalue weighted by Crippen LogP contribution is -2.57. The summed E-state index contributed by atoms with van der Waals surface area (Å²) in [6.07, 6.45) is 1.59. The number of benzene rings is 1. The van der Waals surface area contributed by atoms with Crippen LogP contribution < -0.4 is 5.32 Å². The van der Waals surface area contributed by atoms with Crippen molar-refractivity contribution in [3.8, 4) is 0 Å². The van der Waals surface area contributed by atoms with Gasteiger partial charge in [0.25, 0.3) is 0 Å². The SMILES string of the molecule is OC1C(NCc2ccccc2Cl)C2COC(O2)C1n1cncn1. The minimum absolute atomic E-state index is 0.197. The van der Waals surface area contributed by atoms with Crippen LogP contribution >= 0.6 is 11.6 Å². The largest absolute Gasteiger partial charge is 0.389 e. The molecule has 4 rings (SSSR count). The van der Waals surface area contributed by atoms with Gasteiger partial charge in [-0.2, -0.15) is 5.10 Å². The summed E-state index contributed by atoms with van der Waals surface area (Å²) in [6, 6.07) is 6.91. The number of aliphatic hydroxyl groups is 1. The van der Waals surface area contributed by atoms with E-state index in [0.29, 0.717) is 18.2 Å². The van der Waals surface area contributed by atoms with Crippen molar-refractivity contribution in [2.45, 2.75) is 37.1 Å². The number of aromatic nitrogens is 3. The Balaban J connectivity index is 1.52. The first-order chi connectivity index (χ1) is 11.2. The number of hydrogen-bond acceptors (Lipinski definition) is 6. The number of rotatable bonds is 4. The summed E-state index contributed by atoms with van der Waals surface area (Å²) in [6.45, 7) is 0.975. The van der Waals surface area contributed by atoms with Crippen LogP contribution in [0, 0.1) is 0 Å². The fourth-order valence-corrected chi connectivity index (χ4v) is 3.38. The second kappa shape index (κ2) is 6.18. The minimum Gasteiger partial charge on any atom is -0.389 e. The maximum atomic E-state index is 10.8. The summed E-state index contributed by atoms with van der Waals surface area (Å²) >= 11 is 6.19. The number of aliphatic hydroxyl groups excluding tert-OH is 1. The molecular formula is C15H17ClN4O3. The Morgan fingerprint density at radius 2 is 2.26 bits per heavy atom. The molecule has 0 amide bonds. The van der Waals surface area contributed by atoms with Gasteiger partial charge in [0.05, 0.1) is 18.8 Å². The molecule has 0 saturated carbocycles. The second-order valence-electron chi connectivity index (χ2n) is 5.73. The van der Waals surface area contributed by atoms with Crippen molar-refractivity contribution in [1.29, 1.82) is 0 Å². The Morgan fingerprint density at radius 3 is 3.04 bits per heavy atom. The Morgan fingerprint density at radius 1 is 1.39 bits per heavy atom. The number of nitrogens with one attached hydrogen (secondary N) is 1. The average Bonchev–Trinajstić information content (AvgIpc) is 3.21. The third-order valence-electron chi connectivity index (χ3n) is 4.36. The fraction of sp³-hybridized carbons (Fsp3) is 0.467. The van der Waals surface area contributed by atoms with Crippen molar-refractivity contribution in [3.63, 3.8) is 0 Å². The molecule has 3 heterocycles. The molecule has 8 heteroatoms. The number of hydrogen-bond donors (Lipinski definition) is 2. The zero-order valence-electron chi connectivity index (χ0n) is 12.2. The van der Waals surface area contributed by atoms with Gasteiger partial charge < -0.3 is 19.9 Å². The van der Waals surface area contributed by atoms with Gasteiger partial charge >= 0.3 is 0 Å². The molecular weight excluding hydrogens is 320 g/mol. The third kappa shape index (κ3) is 2.75. The molecule has 1 aromatic heterocycles. The van der Waals surface area contributed by atoms with Crippen LogP contribution in [0.15, 0.2) is 36.9 Å². The van der Waals surface area contributed by atoms with E-state index in [9.17, 15) is 5.11 Å². The minimum atomic E-state index is -0.703. The van der Waals surface area contributed by atoms with Gasteiger partial charge in [-0.25, -0.2) is 9.67 Å². The van der Waals surface area contributed by atoms with Crippen LogP contribution in [-0.2, 0) is 16.0 Å². The molecule has 2 aliphatic heterocycles. The summed E-state index contributed by atoms with van der Waals surface area (Å²) in [7, 11) is 0. The molecule has 2 aromatic rings. The highest BCUT2D eigenvalue weighted by Gasteiger charge is 2.51. The van der Waals surface area contributed by atoms with Crippen LogP contribution in [0.25, 0.3) is 0 Å². The molecule has 2 saturated heterocycles. The Bertz CT molecular complexity index is 669. The van der Waals surface area contributed by atoms with Crippen molar-refractivity contribution in [3.05, 3.63) is 47.5 Å². The van der Waals surface area contributed by atoms with Crippen molar-refractivity contribution in [2.75, 3.05) is 6.61 Å². The monoisotopic (exact) mass is 336 g/mol. The van der Waals surface area contributed by atoms with E-state index < -0.39 is 18.4 Å². The normalized spacial score (nSPS) is 33.0. The molecule has 7 nitrogen and oxygen atoms in total. The van der Waals surface area contributed by atoms with Gasteiger partial charge in [0.15, 0.2) is 6.29 Å². The number of halogens is 1. The number of fused-ring (bicyclic) bond motifs is 2. The van der Waals surface area contributed by atoms with E-state index in [-0.39, 0.29) is 12.1 Å². The van der Waals surface area contributed by atoms with Crippen LogP contribution in [0.5, 0.6) is 0 Å². The van der Waals surface area contributed by atoms with Crippen LogP contribution in [-0.4, -0.2) is 51.0 Å². The molecule has 0 spiro atoms. The maximum absolute atomic E-state index is 10.8. The Labute approximate surface area is 138 Å². The quantitative estimate of drug-likeness (QED) is 0.857. The molecule has 2 N–H and O–H groups in total. The molecule has 2 fully saturated rings. The molecule has 1 aromatic carbocycles. The first-order valence-corrected chi connectivity index (χ1v) is 7.88. The lowest BCUT2D eigenvalue weighted by atomic mass is 9.96. The van der Waals surface area contributed by atoms with Gasteiger partial charge in [-0.15, -0.1) is 0 Å². The van der Waals surface area contributed by atoms with Gasteiger partial charge in [0.2, 0.25) is 0 Å². The van der Waals surface area contributed by atoms with Crippen LogP contribution in [0.4, 0.5) is 0 Å². The predicted octanol–water partition coefficient (Wildman–Crippen LogP) is 0.747. The zero-order chi connectivity index (χ0) is 15.8. The lowest BCUT2D eigenvalue weighted by molar-refractivity contribution is -0.168. The highest BCUT2D eigenvalue weighted by atomic mass is 35.5. The molecule has 5 atom stereocenters. The first kappa shape index (κ1) is 15.0. The highest BCUT2D eigenvalue weighted by molar-refractivity contribution is 6.31. The Kier molecular flexibility index (Phi) is 4.04. The van der Waals surface area contributed by atoms with E-state index in [0.717, 1.165) is 5.56 Å². The van der Waals surface area contributed by atoms with Gasteiger partial charge in [0, 0.05) is 11.6 Å². The molecule has 2 aliphatic rings. The van der Waals surface area contributed by atoms with Gasteiger partial charge in [0.1, 0.15) is 24.8 Å². The molecule has 122 valence electrons. The van der Waals surface area contributed by atoms with Crippen molar-refractivity contribution in [2.24, 2.45) is 0 Å². The summed E-state index contributed by atoms with van der Waals surface area (Å²) in [5.74, 6) is 0. The van der Waals surface area contributed by atoms with E-state index >= 15 is 0 Å². The average molecular weight is 337 g/mol. The molecule has 2 bridgehead atoms. The number of nitrogens with zero attached hydrogens (tertiary/aromatic N) is 3. The van der Waals surface area contributed by atoms with E-state index in [1.165, 1.54) is 6.33 Å². The Hall–Kier alpha value is -1.51. The van der Waals surface area contributed by atoms with Crippen molar-refractivity contribution < 1.29 is 14.6 Å². The third-order valence-corrected chi connectivity index (χ3v) is 4.73. The standard InChI is InChI=1S/C15H17ClN4O3/c16-10-4-2-1-3-9(10)5-18-12-11-6-22-15(23-11)13(14(12)21)20-8-17-7-19-20/h1-4,7-8,11-15,18,21H,5-6H2. The summed E-state index contributed by atoms with van der Waals surface area (Å²) < 4.78 is 13.1. The second-order valence-corrected chi connectivity index (χ2v) is 6.14. The van der Waals surface area contributed by atoms with E-state index in [1.54, 1.807) is 11.0 Å². The maximum Gasteiger partial charge on any atom is 0.183 e. The van der Waals surface area contributed by atoms with Crippen molar-refractivity contribution in [1.82, 2.24) is 20.1 Å². The molecule has 23 heavy (non-hydrogen) atoms. The highest BCUT2D eigenvalue weighted by Crippen LogP contribution is 2.35. The van der Waals surface area contributed by atoms with Gasteiger partial charge in [-0.3, -0.25) is 0 Å². The molecule has 5 unspecified atom stereocenters. The first-order valence-electron chi connectivity index (χ1n) is 7.50. The smallest absolute Gasteiger partial charge is 0.183 e. The summed E-state index contributed by atoms with van der Waals surface area (Å²) in [5, 5.41) is 18.9. The van der Waals surface area contributed by atoms with Gasteiger partial charge in [-0.1, -0.05) is 29.8 Å². The summed E-state index contributed by atoms with van der Waals surface area (Å²) in [4.78, 5) is 3.94. The van der Waals surface area contributed by atoms with Crippen LogP contribution in [0.1, 0.15) is 11.6 Å². The zero-order valence-corrected chi connectivity index (χ0v) is 13.0. The summed E-state index contributed by atoms with van der Waals surface area (Å²) in [5.41, 5.74) is 0.972. The van der Waals surface area contributed by atoms with Crippen molar-refractivity contribution >= 4 is 11.6 Å². The fourth-order valence-electron chi connectivity index (χ4n) is 3.18. The lowest BCUT2D eigenvalue weighted by Gasteiger charge is -2.38. The topological polar surface area (TPSA) is 81.4 Å². The van der Waals surface area contributed by atoms with Gasteiger partial charge in [-0.05, 0) is 11.6 Å². The van der Waals surface area contributed by atoms with Crippen LogP contribution in [0.3, 0.4) is 0 Å².